The number of benzene rings is 4. The quantitative estimate of drug-likeness (QED) is 0.131. The van der Waals surface area contributed by atoms with E-state index in [9.17, 15) is 8.42 Å². The first kappa shape index (κ1) is 32.3. The van der Waals surface area contributed by atoms with Crippen molar-refractivity contribution in [3.05, 3.63) is 83.9 Å². The zero-order valence-electron chi connectivity index (χ0n) is 25.2. The number of nitrogens with one attached hydrogen (secondary N) is 2. The highest BCUT2D eigenvalue weighted by atomic mass is 32.2. The predicted molar refractivity (Wildman–Crippen MR) is 176 cm³/mol. The molecule has 0 atom stereocenters. The van der Waals surface area contributed by atoms with E-state index in [1.54, 1.807) is 0 Å². The largest absolute Gasteiger partial charge is 0.377 e. The van der Waals surface area contributed by atoms with E-state index in [2.05, 4.69) is 121 Å². The number of anilines is 2. The van der Waals surface area contributed by atoms with E-state index in [0.717, 1.165) is 26.2 Å². The van der Waals surface area contributed by atoms with E-state index < -0.39 is 10.1 Å². The van der Waals surface area contributed by atoms with Crippen molar-refractivity contribution in [1.29, 1.82) is 0 Å². The van der Waals surface area contributed by atoms with Gasteiger partial charge in [-0.1, -0.05) is 85.6 Å². The first-order chi connectivity index (χ1) is 19.6. The Morgan fingerprint density at radius 3 is 1.34 bits per heavy atom. The van der Waals surface area contributed by atoms with Crippen LogP contribution in [0.3, 0.4) is 0 Å². The second kappa shape index (κ2) is 15.7. The van der Waals surface area contributed by atoms with Gasteiger partial charge in [0, 0.05) is 63.4 Å². The van der Waals surface area contributed by atoms with Gasteiger partial charge in [0.05, 0.1) is 6.26 Å². The summed E-state index contributed by atoms with van der Waals surface area (Å²) in [7, 11) is 4.89. The predicted octanol–water partition coefficient (Wildman–Crippen LogP) is 6.07. The van der Waals surface area contributed by atoms with E-state index >= 15 is 0 Å². The van der Waals surface area contributed by atoms with Crippen LogP contribution in [-0.4, -0.2) is 60.5 Å². The minimum atomic E-state index is -3.67. The van der Waals surface area contributed by atoms with Crippen LogP contribution in [0, 0.1) is 0 Å². The Morgan fingerprint density at radius 2 is 0.976 bits per heavy atom. The van der Waals surface area contributed by atoms with E-state index in [1.807, 2.05) is 0 Å². The number of fused-ring (bicyclic) bond motifs is 2. The molecule has 4 aromatic carbocycles. The number of nitrogens with zero attached hydrogens (tertiary/aromatic N) is 2. The summed E-state index contributed by atoms with van der Waals surface area (Å²) in [5.74, 6) is 0. The van der Waals surface area contributed by atoms with Gasteiger partial charge in [-0.15, -0.1) is 0 Å². The van der Waals surface area contributed by atoms with Crippen molar-refractivity contribution in [2.24, 2.45) is 0 Å². The first-order valence-electron chi connectivity index (χ1n) is 14.3. The lowest BCUT2D eigenvalue weighted by atomic mass is 10.0. The second-order valence-electron chi connectivity index (χ2n) is 10.9. The molecule has 0 bridgehead atoms. The topological polar surface area (TPSA) is 84.9 Å². The molecule has 3 N–H and O–H groups in total. The van der Waals surface area contributed by atoms with Crippen molar-refractivity contribution in [2.75, 3.05) is 57.3 Å². The molecule has 8 heteroatoms. The molecule has 0 aliphatic rings. The van der Waals surface area contributed by atoms with Crippen LogP contribution in [-0.2, 0) is 23.2 Å². The number of unbranched alkanes of at least 4 members (excludes halogenated alkanes) is 3. The summed E-state index contributed by atoms with van der Waals surface area (Å²) in [5, 5.41) is 12.6. The molecule has 222 valence electrons. The van der Waals surface area contributed by atoms with Crippen molar-refractivity contribution in [2.45, 2.75) is 38.8 Å². The van der Waals surface area contributed by atoms with E-state index in [0.29, 0.717) is 6.26 Å². The van der Waals surface area contributed by atoms with Crippen LogP contribution in [0.1, 0.15) is 36.8 Å². The number of hydrogen-bond acceptors (Lipinski definition) is 6. The summed E-state index contributed by atoms with van der Waals surface area (Å²) >= 11 is 0. The third-order valence-electron chi connectivity index (χ3n) is 6.95. The maximum absolute atomic E-state index is 9.19. The van der Waals surface area contributed by atoms with Crippen molar-refractivity contribution in [3.63, 3.8) is 0 Å². The fourth-order valence-electron chi connectivity index (χ4n) is 5.24. The van der Waals surface area contributed by atoms with Crippen molar-refractivity contribution in [3.8, 4) is 0 Å². The zero-order chi connectivity index (χ0) is 29.8. The normalized spacial score (nSPS) is 11.4. The summed E-state index contributed by atoms with van der Waals surface area (Å²) in [6, 6.07) is 26.3. The minimum absolute atomic E-state index is 0.715. The van der Waals surface area contributed by atoms with Crippen LogP contribution in [0.5, 0.6) is 0 Å². The molecule has 0 aliphatic carbocycles. The average Bonchev–Trinajstić information content (AvgIpc) is 2.92. The van der Waals surface area contributed by atoms with Gasteiger partial charge in [0.25, 0.3) is 10.1 Å². The van der Waals surface area contributed by atoms with Gasteiger partial charge >= 0.3 is 0 Å². The number of rotatable bonds is 13. The summed E-state index contributed by atoms with van der Waals surface area (Å²) in [6.45, 7) is 3.96. The molecule has 0 saturated heterocycles. The van der Waals surface area contributed by atoms with Crippen LogP contribution in [0.4, 0.5) is 11.4 Å². The Hall–Kier alpha value is -3.17. The highest BCUT2D eigenvalue weighted by molar-refractivity contribution is 7.85. The van der Waals surface area contributed by atoms with Gasteiger partial charge in [0.2, 0.25) is 0 Å². The lowest BCUT2D eigenvalue weighted by molar-refractivity contribution is 0.490. The molecule has 7 nitrogen and oxygen atoms in total. The Labute approximate surface area is 246 Å². The first-order valence-corrected chi connectivity index (χ1v) is 16.1. The highest BCUT2D eigenvalue weighted by Crippen LogP contribution is 2.30. The smallest absolute Gasteiger partial charge is 0.261 e. The third kappa shape index (κ3) is 10.3. The molecule has 4 rings (SSSR count). The fourth-order valence-corrected chi connectivity index (χ4v) is 5.24. The van der Waals surface area contributed by atoms with Gasteiger partial charge in [0.15, 0.2) is 0 Å². The van der Waals surface area contributed by atoms with E-state index in [1.165, 1.54) is 69.7 Å². The highest BCUT2D eigenvalue weighted by Gasteiger charge is 2.10. The molecule has 0 heterocycles. The van der Waals surface area contributed by atoms with Gasteiger partial charge in [0.1, 0.15) is 0 Å². The molecule has 0 saturated carbocycles. The number of hydrogen-bond donors (Lipinski definition) is 3. The molecule has 0 fully saturated rings. The molecule has 4 aromatic rings. The van der Waals surface area contributed by atoms with Gasteiger partial charge in [-0.05, 0) is 47.8 Å². The molecule has 0 aliphatic heterocycles. The Bertz CT molecular complexity index is 1400. The molecule has 0 aromatic heterocycles. The standard InChI is InChI=1S/C32H42N4.CH4O3S/c1-35(2)31-27(19-17-25-13-7-9-15-29(25)31)23-33-21-11-5-6-12-22-34-24-28-20-18-26-14-8-10-16-30(26)32(28)36(3)4;1-5(2,3)4/h7-10,13-20,33-34H,5-6,11-12,21-24H2,1-4H3;1H3,(H,2,3,4). The Balaban J connectivity index is 0.000000850. The molecular formula is C33H46N4O3S. The molecule has 0 unspecified atom stereocenters. The Kier molecular flexibility index (Phi) is 12.4. The van der Waals surface area contributed by atoms with Crippen molar-refractivity contribution >= 4 is 43.0 Å². The second-order valence-corrected chi connectivity index (χ2v) is 12.3. The summed E-state index contributed by atoms with van der Waals surface area (Å²) in [4.78, 5) is 4.48. The molecule has 0 amide bonds. The van der Waals surface area contributed by atoms with Crippen LogP contribution in [0.2, 0.25) is 0 Å². The van der Waals surface area contributed by atoms with Crippen LogP contribution < -0.4 is 20.4 Å². The monoisotopic (exact) mass is 578 g/mol. The molecule has 41 heavy (non-hydrogen) atoms. The van der Waals surface area contributed by atoms with Crippen molar-refractivity contribution < 1.29 is 13.0 Å². The maximum atomic E-state index is 9.19. The zero-order valence-corrected chi connectivity index (χ0v) is 26.0. The third-order valence-corrected chi connectivity index (χ3v) is 6.95. The summed E-state index contributed by atoms with van der Waals surface area (Å²) in [5.41, 5.74) is 5.40. The van der Waals surface area contributed by atoms with E-state index in [-0.39, 0.29) is 0 Å². The van der Waals surface area contributed by atoms with Crippen LogP contribution >= 0.6 is 0 Å². The van der Waals surface area contributed by atoms with Crippen molar-refractivity contribution in [1.82, 2.24) is 10.6 Å². The Morgan fingerprint density at radius 1 is 0.610 bits per heavy atom. The lowest BCUT2D eigenvalue weighted by Crippen LogP contribution is -2.19. The van der Waals surface area contributed by atoms with Gasteiger partial charge < -0.3 is 20.4 Å². The SMILES string of the molecule is CN(C)c1c(CNCCCCCCNCc2ccc3ccccc3c2N(C)C)ccc2ccccc12.CS(=O)(=O)O. The maximum Gasteiger partial charge on any atom is 0.261 e. The van der Waals surface area contributed by atoms with Crippen LogP contribution in [0.15, 0.2) is 72.8 Å². The van der Waals surface area contributed by atoms with Gasteiger partial charge in [-0.2, -0.15) is 8.42 Å². The van der Waals surface area contributed by atoms with Gasteiger partial charge in [-0.3, -0.25) is 4.55 Å². The summed E-state index contributed by atoms with van der Waals surface area (Å²) < 4.78 is 25.9. The van der Waals surface area contributed by atoms with E-state index in [4.69, 9.17) is 4.55 Å². The fraction of sp³-hybridized carbons (Fsp3) is 0.394. The average molecular weight is 579 g/mol. The molecular weight excluding hydrogens is 532 g/mol. The summed E-state index contributed by atoms with van der Waals surface area (Å²) in [6.07, 6.45) is 5.70. The minimum Gasteiger partial charge on any atom is -0.377 e. The lowest BCUT2D eigenvalue weighted by Gasteiger charge is -2.21. The molecule has 0 radical (unpaired) electrons. The molecule has 0 spiro atoms. The van der Waals surface area contributed by atoms with Crippen LogP contribution in [0.25, 0.3) is 21.5 Å². The van der Waals surface area contributed by atoms with Gasteiger partial charge in [-0.25, -0.2) is 0 Å².